The van der Waals surface area contributed by atoms with Crippen LogP contribution in [0.25, 0.3) is 17.0 Å². The van der Waals surface area contributed by atoms with Crippen molar-refractivity contribution < 1.29 is 9.90 Å². The van der Waals surface area contributed by atoms with Crippen molar-refractivity contribution in [3.63, 3.8) is 0 Å². The van der Waals surface area contributed by atoms with Crippen LogP contribution in [0.2, 0.25) is 5.02 Å². The van der Waals surface area contributed by atoms with Gasteiger partial charge in [-0.3, -0.25) is 9.38 Å². The van der Waals surface area contributed by atoms with E-state index in [1.807, 2.05) is 6.07 Å². The predicted molar refractivity (Wildman–Crippen MR) is 68.2 cm³/mol. The molecule has 0 unspecified atom stereocenters. The Morgan fingerprint density at radius 1 is 1.37 bits per heavy atom. The van der Waals surface area contributed by atoms with Crippen molar-refractivity contribution in [2.75, 3.05) is 0 Å². The first-order valence-corrected chi connectivity index (χ1v) is 5.72. The van der Waals surface area contributed by atoms with Crippen molar-refractivity contribution in [1.82, 2.24) is 19.6 Å². The van der Waals surface area contributed by atoms with Crippen molar-refractivity contribution in [3.05, 3.63) is 47.4 Å². The van der Waals surface area contributed by atoms with Crippen LogP contribution in [0.1, 0.15) is 10.4 Å². The number of aromatic nitrogens is 4. The molecule has 0 aliphatic heterocycles. The monoisotopic (exact) mass is 274 g/mol. The van der Waals surface area contributed by atoms with Crippen LogP contribution in [0.4, 0.5) is 0 Å². The Labute approximate surface area is 112 Å². The van der Waals surface area contributed by atoms with Crippen LogP contribution >= 0.6 is 11.6 Å². The van der Waals surface area contributed by atoms with Gasteiger partial charge in [0.15, 0.2) is 11.5 Å². The SMILES string of the molecule is O=C(O)c1cc(Cl)c2nnc(-c3cccnc3)n2c1. The third-order valence-electron chi connectivity index (χ3n) is 2.63. The lowest BCUT2D eigenvalue weighted by Gasteiger charge is -2.02. The minimum Gasteiger partial charge on any atom is -0.478 e. The number of carboxylic acids is 1. The summed E-state index contributed by atoms with van der Waals surface area (Å²) in [6.45, 7) is 0. The maximum Gasteiger partial charge on any atom is 0.337 e. The molecular formula is C12H7ClN4O2. The zero-order valence-electron chi connectivity index (χ0n) is 9.49. The Bertz CT molecular complexity index is 770. The van der Waals surface area contributed by atoms with Crippen molar-refractivity contribution in [1.29, 1.82) is 0 Å². The number of hydrogen-bond donors (Lipinski definition) is 1. The minimum atomic E-state index is -1.06. The molecule has 0 radical (unpaired) electrons. The number of nitrogens with zero attached hydrogens (tertiary/aromatic N) is 4. The Kier molecular flexibility index (Phi) is 2.64. The molecule has 0 bridgehead atoms. The Balaban J connectivity index is 2.30. The molecule has 0 aliphatic carbocycles. The van der Waals surface area contributed by atoms with Crippen molar-refractivity contribution in [2.45, 2.75) is 0 Å². The number of carboxylic acid groups (broad SMARTS) is 1. The molecule has 0 fully saturated rings. The molecule has 0 aliphatic rings. The fourth-order valence-electron chi connectivity index (χ4n) is 1.76. The number of carbonyl (C=O) groups is 1. The van der Waals surface area contributed by atoms with E-state index < -0.39 is 5.97 Å². The van der Waals surface area contributed by atoms with Gasteiger partial charge < -0.3 is 5.11 Å². The van der Waals surface area contributed by atoms with E-state index in [0.717, 1.165) is 5.56 Å². The van der Waals surface area contributed by atoms with E-state index in [1.54, 1.807) is 22.9 Å². The largest absolute Gasteiger partial charge is 0.478 e. The van der Waals surface area contributed by atoms with Gasteiger partial charge in [-0.2, -0.15) is 0 Å². The van der Waals surface area contributed by atoms with E-state index in [-0.39, 0.29) is 10.6 Å². The Morgan fingerprint density at radius 3 is 2.89 bits per heavy atom. The molecule has 19 heavy (non-hydrogen) atoms. The predicted octanol–water partition coefficient (Wildman–Crippen LogP) is 2.14. The highest BCUT2D eigenvalue weighted by Gasteiger charge is 2.14. The van der Waals surface area contributed by atoms with Crippen LogP contribution in [-0.2, 0) is 0 Å². The first-order valence-electron chi connectivity index (χ1n) is 5.35. The fourth-order valence-corrected chi connectivity index (χ4v) is 2.01. The highest BCUT2D eigenvalue weighted by Crippen LogP contribution is 2.23. The van der Waals surface area contributed by atoms with Crippen molar-refractivity contribution in [2.24, 2.45) is 0 Å². The zero-order valence-corrected chi connectivity index (χ0v) is 10.2. The summed E-state index contributed by atoms with van der Waals surface area (Å²) < 4.78 is 1.54. The maximum atomic E-state index is 11.0. The molecule has 3 aromatic rings. The van der Waals surface area contributed by atoms with Gasteiger partial charge in [0, 0.05) is 24.2 Å². The second-order valence-corrected chi connectivity index (χ2v) is 4.25. The van der Waals surface area contributed by atoms with E-state index in [0.29, 0.717) is 11.5 Å². The lowest BCUT2D eigenvalue weighted by molar-refractivity contribution is 0.0696. The number of fused-ring (bicyclic) bond motifs is 1. The van der Waals surface area contributed by atoms with Crippen LogP contribution in [0.3, 0.4) is 0 Å². The van der Waals surface area contributed by atoms with Gasteiger partial charge in [-0.15, -0.1) is 10.2 Å². The number of aromatic carboxylic acids is 1. The van der Waals surface area contributed by atoms with Gasteiger partial charge in [0.2, 0.25) is 0 Å². The van der Waals surface area contributed by atoms with Gasteiger partial charge in [-0.05, 0) is 18.2 Å². The molecule has 0 atom stereocenters. The van der Waals surface area contributed by atoms with Gasteiger partial charge in [-0.1, -0.05) is 11.6 Å². The van der Waals surface area contributed by atoms with E-state index in [1.165, 1.54) is 12.3 Å². The molecule has 0 amide bonds. The lowest BCUT2D eigenvalue weighted by atomic mass is 10.2. The van der Waals surface area contributed by atoms with Crippen LogP contribution in [0, 0.1) is 0 Å². The molecule has 0 saturated carbocycles. The Morgan fingerprint density at radius 2 is 2.21 bits per heavy atom. The number of hydrogen-bond acceptors (Lipinski definition) is 4. The Hall–Kier alpha value is -2.47. The third kappa shape index (κ3) is 1.92. The summed E-state index contributed by atoms with van der Waals surface area (Å²) >= 11 is 6.00. The summed E-state index contributed by atoms with van der Waals surface area (Å²) in [5.41, 5.74) is 1.21. The third-order valence-corrected chi connectivity index (χ3v) is 2.90. The summed E-state index contributed by atoms with van der Waals surface area (Å²) in [7, 11) is 0. The number of halogens is 1. The topological polar surface area (TPSA) is 80.4 Å². The van der Waals surface area contributed by atoms with Gasteiger partial charge in [0.05, 0.1) is 10.6 Å². The minimum absolute atomic E-state index is 0.0717. The summed E-state index contributed by atoms with van der Waals surface area (Å²) in [5, 5.41) is 17.3. The summed E-state index contributed by atoms with van der Waals surface area (Å²) in [6.07, 6.45) is 4.70. The smallest absolute Gasteiger partial charge is 0.337 e. The lowest BCUT2D eigenvalue weighted by Crippen LogP contribution is -2.00. The van der Waals surface area contributed by atoms with Gasteiger partial charge in [-0.25, -0.2) is 4.79 Å². The maximum absolute atomic E-state index is 11.0. The molecule has 7 heteroatoms. The van der Waals surface area contributed by atoms with Crippen molar-refractivity contribution in [3.8, 4) is 11.4 Å². The normalized spacial score (nSPS) is 10.8. The van der Waals surface area contributed by atoms with Crippen LogP contribution < -0.4 is 0 Å². The quantitative estimate of drug-likeness (QED) is 0.774. The molecule has 3 rings (SSSR count). The molecule has 3 heterocycles. The summed E-state index contributed by atoms with van der Waals surface area (Å²) in [4.78, 5) is 15.0. The molecule has 6 nitrogen and oxygen atoms in total. The molecular weight excluding hydrogens is 268 g/mol. The molecule has 0 saturated heterocycles. The molecule has 0 spiro atoms. The number of pyridine rings is 2. The van der Waals surface area contributed by atoms with Crippen LogP contribution in [0.5, 0.6) is 0 Å². The second-order valence-electron chi connectivity index (χ2n) is 3.84. The average molecular weight is 275 g/mol. The average Bonchev–Trinajstić information content (AvgIpc) is 2.84. The molecule has 94 valence electrons. The first-order chi connectivity index (χ1) is 9.16. The zero-order chi connectivity index (χ0) is 13.4. The van der Waals surface area contributed by atoms with E-state index in [4.69, 9.17) is 16.7 Å². The standard InChI is InChI=1S/C12H7ClN4O2/c13-9-4-8(12(18)19)6-17-10(15-16-11(9)17)7-2-1-3-14-5-7/h1-6H,(H,18,19). The van der Waals surface area contributed by atoms with Crippen LogP contribution in [0.15, 0.2) is 36.8 Å². The number of rotatable bonds is 2. The van der Waals surface area contributed by atoms with E-state index in [9.17, 15) is 4.79 Å². The van der Waals surface area contributed by atoms with E-state index in [2.05, 4.69) is 15.2 Å². The molecule has 1 N–H and O–H groups in total. The van der Waals surface area contributed by atoms with Gasteiger partial charge in [0.25, 0.3) is 0 Å². The highest BCUT2D eigenvalue weighted by atomic mass is 35.5. The first kappa shape index (κ1) is 11.6. The molecule has 0 aromatic carbocycles. The van der Waals surface area contributed by atoms with E-state index >= 15 is 0 Å². The van der Waals surface area contributed by atoms with Gasteiger partial charge >= 0.3 is 5.97 Å². The highest BCUT2D eigenvalue weighted by molar-refractivity contribution is 6.33. The second kappa shape index (κ2) is 4.33. The van der Waals surface area contributed by atoms with Crippen LogP contribution in [-0.4, -0.2) is 30.7 Å². The summed E-state index contributed by atoms with van der Waals surface area (Å²) in [6, 6.07) is 4.92. The van der Waals surface area contributed by atoms with Gasteiger partial charge in [0.1, 0.15) is 0 Å². The molecule has 3 aromatic heterocycles. The van der Waals surface area contributed by atoms with Crippen molar-refractivity contribution >= 4 is 23.2 Å². The fraction of sp³-hybridized carbons (Fsp3) is 0. The summed E-state index contributed by atoms with van der Waals surface area (Å²) in [5.74, 6) is -0.567.